The number of carbonyl (C=O) groups is 1. The third-order valence-corrected chi connectivity index (χ3v) is 5.44. The zero-order chi connectivity index (χ0) is 14.7. The average molecular weight is 281 g/mol. The monoisotopic (exact) mass is 281 g/mol. The van der Waals surface area contributed by atoms with Crippen molar-refractivity contribution >= 4 is 5.91 Å². The summed E-state index contributed by atoms with van der Waals surface area (Å²) in [4.78, 5) is 17.0. The first-order valence-corrected chi connectivity index (χ1v) is 8.26. The van der Waals surface area contributed by atoms with Gasteiger partial charge in [0.2, 0.25) is 5.91 Å². The minimum atomic E-state index is 0.242. The third-order valence-electron chi connectivity index (χ3n) is 5.44. The molecule has 4 nitrogen and oxygen atoms in total. The first-order chi connectivity index (χ1) is 9.52. The van der Waals surface area contributed by atoms with E-state index in [1.165, 1.54) is 6.42 Å². The first-order valence-electron chi connectivity index (χ1n) is 8.26. The van der Waals surface area contributed by atoms with Crippen LogP contribution in [0.25, 0.3) is 0 Å². The Labute approximate surface area is 123 Å². The Morgan fingerprint density at radius 2 is 2.10 bits per heavy atom. The van der Waals surface area contributed by atoms with Crippen LogP contribution in [-0.4, -0.2) is 54.5 Å². The van der Waals surface area contributed by atoms with Crippen molar-refractivity contribution in [2.75, 3.05) is 26.7 Å². The second-order valence-electron chi connectivity index (χ2n) is 6.79. The molecule has 1 amide bonds. The molecule has 1 heterocycles. The Hall–Kier alpha value is -0.610. The number of hydrogen-bond acceptors (Lipinski definition) is 3. The van der Waals surface area contributed by atoms with E-state index >= 15 is 0 Å². The van der Waals surface area contributed by atoms with Crippen LogP contribution in [0.2, 0.25) is 0 Å². The highest BCUT2D eigenvalue weighted by atomic mass is 16.2. The summed E-state index contributed by atoms with van der Waals surface area (Å²) in [7, 11) is 1.99. The molecule has 2 aliphatic rings. The second kappa shape index (κ2) is 6.90. The van der Waals surface area contributed by atoms with E-state index in [0.29, 0.717) is 30.2 Å². The Morgan fingerprint density at radius 3 is 2.65 bits per heavy atom. The van der Waals surface area contributed by atoms with Crippen LogP contribution in [0.5, 0.6) is 0 Å². The maximum atomic E-state index is 12.5. The number of hydrogen-bond donors (Lipinski definition) is 1. The van der Waals surface area contributed by atoms with Gasteiger partial charge in [0.1, 0.15) is 0 Å². The zero-order valence-corrected chi connectivity index (χ0v) is 13.3. The molecule has 2 N–H and O–H groups in total. The zero-order valence-electron chi connectivity index (χ0n) is 13.3. The number of likely N-dealkylation sites (tertiary alicyclic amines) is 1. The highest BCUT2D eigenvalue weighted by molar-refractivity contribution is 5.76. The molecule has 0 bridgehead atoms. The molecule has 116 valence electrons. The van der Waals surface area contributed by atoms with Gasteiger partial charge in [-0.25, -0.2) is 0 Å². The van der Waals surface area contributed by atoms with Gasteiger partial charge in [0, 0.05) is 38.6 Å². The van der Waals surface area contributed by atoms with E-state index in [2.05, 4.69) is 18.7 Å². The minimum Gasteiger partial charge on any atom is -0.342 e. The molecule has 20 heavy (non-hydrogen) atoms. The van der Waals surface area contributed by atoms with Gasteiger partial charge < -0.3 is 15.5 Å². The van der Waals surface area contributed by atoms with Crippen molar-refractivity contribution in [1.29, 1.82) is 0 Å². The van der Waals surface area contributed by atoms with Crippen molar-refractivity contribution in [2.45, 2.75) is 58.0 Å². The number of carbonyl (C=O) groups excluding carboxylic acids is 1. The van der Waals surface area contributed by atoms with Crippen LogP contribution < -0.4 is 5.73 Å². The van der Waals surface area contributed by atoms with Crippen molar-refractivity contribution in [2.24, 2.45) is 17.6 Å². The van der Waals surface area contributed by atoms with Crippen molar-refractivity contribution in [3.8, 4) is 0 Å². The largest absolute Gasteiger partial charge is 0.342 e. The Bertz CT molecular complexity index is 334. The maximum absolute atomic E-state index is 12.5. The second-order valence-corrected chi connectivity index (χ2v) is 6.79. The molecule has 1 aliphatic carbocycles. The van der Waals surface area contributed by atoms with Gasteiger partial charge in [0.25, 0.3) is 0 Å². The van der Waals surface area contributed by atoms with Crippen LogP contribution in [0, 0.1) is 11.8 Å². The average Bonchev–Trinajstić information content (AvgIpc) is 2.83. The lowest BCUT2D eigenvalue weighted by molar-refractivity contribution is -0.135. The lowest BCUT2D eigenvalue weighted by atomic mass is 9.91. The minimum absolute atomic E-state index is 0.242. The van der Waals surface area contributed by atoms with E-state index in [9.17, 15) is 4.79 Å². The van der Waals surface area contributed by atoms with Gasteiger partial charge in [-0.2, -0.15) is 0 Å². The predicted octanol–water partition coefficient (Wildman–Crippen LogP) is 1.69. The van der Waals surface area contributed by atoms with Crippen molar-refractivity contribution < 1.29 is 4.79 Å². The predicted molar refractivity (Wildman–Crippen MR) is 82.4 cm³/mol. The summed E-state index contributed by atoms with van der Waals surface area (Å²) in [5.41, 5.74) is 6.09. The van der Waals surface area contributed by atoms with Gasteiger partial charge in [0.15, 0.2) is 0 Å². The Balaban J connectivity index is 1.86. The summed E-state index contributed by atoms with van der Waals surface area (Å²) in [6, 6.07) is 0.648. The lowest BCUT2D eigenvalue weighted by Crippen LogP contribution is -2.51. The molecule has 0 spiro atoms. The molecular formula is C16H31N3O. The fourth-order valence-corrected chi connectivity index (χ4v) is 3.95. The Kier molecular flexibility index (Phi) is 5.44. The smallest absolute Gasteiger partial charge is 0.222 e. The quantitative estimate of drug-likeness (QED) is 0.853. The molecule has 2 unspecified atom stereocenters. The molecule has 0 aromatic carbocycles. The fraction of sp³-hybridized carbons (Fsp3) is 0.938. The molecule has 1 aliphatic heterocycles. The van der Waals surface area contributed by atoms with E-state index in [1.54, 1.807) is 0 Å². The highest BCUT2D eigenvalue weighted by Gasteiger charge is 2.33. The van der Waals surface area contributed by atoms with Crippen molar-refractivity contribution in [3.05, 3.63) is 0 Å². The van der Waals surface area contributed by atoms with Crippen LogP contribution in [0.4, 0.5) is 0 Å². The van der Waals surface area contributed by atoms with Crippen LogP contribution in [0.1, 0.15) is 46.0 Å². The van der Waals surface area contributed by atoms with E-state index < -0.39 is 0 Å². The van der Waals surface area contributed by atoms with Crippen molar-refractivity contribution in [1.82, 2.24) is 9.80 Å². The fourth-order valence-electron chi connectivity index (χ4n) is 3.95. The van der Waals surface area contributed by atoms with Crippen LogP contribution in [0.3, 0.4) is 0 Å². The summed E-state index contributed by atoms with van der Waals surface area (Å²) in [5, 5.41) is 0. The standard InChI is InChI=1S/C16H31N3O/c1-4-19-9-8-15(12(2)11-19)18(3)16(20)10-13-6-5-7-14(13)17/h12-15H,4-11,17H2,1-3H3/t12?,13-,14+,15?/m0/s1. The van der Waals surface area contributed by atoms with E-state index in [0.717, 1.165) is 38.9 Å². The van der Waals surface area contributed by atoms with Crippen molar-refractivity contribution in [3.63, 3.8) is 0 Å². The molecule has 2 rings (SSSR count). The van der Waals surface area contributed by atoms with E-state index in [1.807, 2.05) is 11.9 Å². The van der Waals surface area contributed by atoms with Crippen LogP contribution in [0.15, 0.2) is 0 Å². The number of rotatable bonds is 4. The summed E-state index contributed by atoms with van der Waals surface area (Å²) in [6.07, 6.45) is 5.16. The van der Waals surface area contributed by atoms with Gasteiger partial charge in [-0.05, 0) is 37.6 Å². The van der Waals surface area contributed by atoms with E-state index in [-0.39, 0.29) is 6.04 Å². The Morgan fingerprint density at radius 1 is 1.35 bits per heavy atom. The van der Waals surface area contributed by atoms with Gasteiger partial charge in [0.05, 0.1) is 0 Å². The summed E-state index contributed by atoms with van der Waals surface area (Å²) < 4.78 is 0. The molecule has 1 saturated heterocycles. The number of amides is 1. The third kappa shape index (κ3) is 3.53. The molecule has 4 atom stereocenters. The lowest BCUT2D eigenvalue weighted by Gasteiger charge is -2.41. The summed E-state index contributed by atoms with van der Waals surface area (Å²) >= 11 is 0. The SMILES string of the molecule is CCN1CCC(N(C)C(=O)C[C@@H]2CCC[C@H]2N)C(C)C1. The van der Waals surface area contributed by atoms with Crippen LogP contribution in [-0.2, 0) is 4.79 Å². The molecule has 1 saturated carbocycles. The van der Waals surface area contributed by atoms with Crippen LogP contribution >= 0.6 is 0 Å². The number of nitrogens with zero attached hydrogens (tertiary/aromatic N) is 2. The van der Waals surface area contributed by atoms with Gasteiger partial charge in [-0.1, -0.05) is 20.3 Å². The number of nitrogens with two attached hydrogens (primary N) is 1. The van der Waals surface area contributed by atoms with Gasteiger partial charge in [-0.15, -0.1) is 0 Å². The van der Waals surface area contributed by atoms with Gasteiger partial charge in [-0.3, -0.25) is 4.79 Å². The summed E-state index contributed by atoms with van der Waals surface area (Å²) in [6.45, 7) is 7.83. The molecule has 0 radical (unpaired) electrons. The molecular weight excluding hydrogens is 250 g/mol. The molecule has 4 heteroatoms. The number of piperidine rings is 1. The highest BCUT2D eigenvalue weighted by Crippen LogP contribution is 2.28. The normalized spacial score (nSPS) is 35.2. The maximum Gasteiger partial charge on any atom is 0.222 e. The molecule has 2 fully saturated rings. The topological polar surface area (TPSA) is 49.6 Å². The van der Waals surface area contributed by atoms with E-state index in [4.69, 9.17) is 5.73 Å². The van der Waals surface area contributed by atoms with Gasteiger partial charge >= 0.3 is 0 Å². The summed E-state index contributed by atoms with van der Waals surface area (Å²) in [5.74, 6) is 1.28. The first kappa shape index (κ1) is 15.8. The molecule has 0 aromatic heterocycles. The molecule has 0 aromatic rings.